The van der Waals surface area contributed by atoms with Crippen LogP contribution in [-0.2, 0) is 9.59 Å². The summed E-state index contributed by atoms with van der Waals surface area (Å²) >= 11 is 0. The predicted octanol–water partition coefficient (Wildman–Crippen LogP) is 2.36. The number of carboxylic acid groups (broad SMARTS) is 1. The van der Waals surface area contributed by atoms with E-state index in [2.05, 4.69) is 15.5 Å². The number of likely N-dealkylation sites (tertiary alicyclic amines) is 1. The average molecular weight is 522 g/mol. The van der Waals surface area contributed by atoms with Crippen molar-refractivity contribution in [2.45, 2.75) is 45.2 Å². The summed E-state index contributed by atoms with van der Waals surface area (Å²) in [4.78, 5) is 56.5. The second-order valence-corrected chi connectivity index (χ2v) is 9.90. The highest BCUT2D eigenvalue weighted by Crippen LogP contribution is 2.39. The fourth-order valence-electron chi connectivity index (χ4n) is 5.43. The molecular weight excluding hydrogens is 486 g/mol. The highest BCUT2D eigenvalue weighted by atomic mass is 16.4. The lowest BCUT2D eigenvalue weighted by Gasteiger charge is -2.43. The van der Waals surface area contributed by atoms with Crippen molar-refractivity contribution in [3.8, 4) is 0 Å². The van der Waals surface area contributed by atoms with E-state index >= 15 is 0 Å². The Morgan fingerprint density at radius 2 is 1.63 bits per heavy atom. The Kier molecular flexibility index (Phi) is 7.89. The zero-order chi connectivity index (χ0) is 27.4. The molecule has 10 heteroatoms. The van der Waals surface area contributed by atoms with Crippen molar-refractivity contribution in [1.29, 1.82) is 0 Å². The SMILES string of the molecule is CCN1CN(c2ccccc2)C2(CCN(C(=O)NCC(NC(=O)c3c(C)cccc3C)C(=O)O)CC2)C1=O. The van der Waals surface area contributed by atoms with E-state index in [0.29, 0.717) is 44.7 Å². The Balaban J connectivity index is 1.38. The van der Waals surface area contributed by atoms with Gasteiger partial charge in [-0.25, -0.2) is 9.59 Å². The molecule has 4 amide bonds. The molecule has 38 heavy (non-hydrogen) atoms. The second kappa shape index (κ2) is 11.1. The lowest BCUT2D eigenvalue weighted by atomic mass is 9.85. The topological polar surface area (TPSA) is 122 Å². The third kappa shape index (κ3) is 5.16. The number of amides is 4. The molecule has 0 aliphatic carbocycles. The van der Waals surface area contributed by atoms with Gasteiger partial charge in [-0.3, -0.25) is 9.59 Å². The monoisotopic (exact) mass is 521 g/mol. The third-order valence-corrected chi connectivity index (χ3v) is 7.61. The fraction of sp³-hybridized carbons (Fsp3) is 0.429. The van der Waals surface area contributed by atoms with E-state index in [4.69, 9.17) is 0 Å². The van der Waals surface area contributed by atoms with Gasteiger partial charge >= 0.3 is 12.0 Å². The molecule has 2 heterocycles. The standard InChI is InChI=1S/C28H35N5O5/c1-4-31-18-33(21-11-6-5-7-12-21)28(26(31)37)13-15-32(16-14-28)27(38)29-17-22(25(35)36)30-24(34)23-19(2)9-8-10-20(23)3/h5-12,22H,4,13-18H2,1-3H3,(H,29,38)(H,30,34)(H,35,36). The number of para-hydroxylation sites is 1. The van der Waals surface area contributed by atoms with Crippen LogP contribution in [0.15, 0.2) is 48.5 Å². The van der Waals surface area contributed by atoms with E-state index < -0.39 is 29.5 Å². The van der Waals surface area contributed by atoms with Crippen LogP contribution in [0.3, 0.4) is 0 Å². The zero-order valence-corrected chi connectivity index (χ0v) is 22.1. The summed E-state index contributed by atoms with van der Waals surface area (Å²) in [5.41, 5.74) is 2.17. The number of aliphatic carboxylic acids is 1. The minimum Gasteiger partial charge on any atom is -0.480 e. The number of piperidine rings is 1. The van der Waals surface area contributed by atoms with E-state index in [0.717, 1.165) is 16.8 Å². The number of nitrogens with zero attached hydrogens (tertiary/aromatic N) is 3. The van der Waals surface area contributed by atoms with Crippen LogP contribution in [0.1, 0.15) is 41.3 Å². The molecule has 2 aromatic rings. The van der Waals surface area contributed by atoms with Gasteiger partial charge in [0.25, 0.3) is 5.91 Å². The van der Waals surface area contributed by atoms with Gasteiger partial charge in [0.15, 0.2) is 0 Å². The largest absolute Gasteiger partial charge is 0.480 e. The van der Waals surface area contributed by atoms with Crippen molar-refractivity contribution in [3.05, 3.63) is 65.2 Å². The van der Waals surface area contributed by atoms with Crippen LogP contribution in [0, 0.1) is 13.8 Å². The summed E-state index contributed by atoms with van der Waals surface area (Å²) in [6.45, 7) is 7.10. The van der Waals surface area contributed by atoms with Crippen LogP contribution >= 0.6 is 0 Å². The summed E-state index contributed by atoms with van der Waals surface area (Å²) in [5, 5.41) is 14.8. The number of hydrogen-bond acceptors (Lipinski definition) is 5. The molecule has 3 N–H and O–H groups in total. The van der Waals surface area contributed by atoms with Crippen molar-refractivity contribution < 1.29 is 24.3 Å². The van der Waals surface area contributed by atoms with E-state index in [1.54, 1.807) is 30.9 Å². The third-order valence-electron chi connectivity index (χ3n) is 7.61. The molecular formula is C28H35N5O5. The maximum atomic E-state index is 13.4. The van der Waals surface area contributed by atoms with Crippen molar-refractivity contribution in [2.24, 2.45) is 0 Å². The van der Waals surface area contributed by atoms with Gasteiger partial charge in [0, 0.05) is 30.9 Å². The number of nitrogens with one attached hydrogen (secondary N) is 2. The maximum absolute atomic E-state index is 13.4. The van der Waals surface area contributed by atoms with E-state index in [1.807, 2.05) is 48.2 Å². The number of carboxylic acids is 1. The molecule has 0 radical (unpaired) electrons. The Morgan fingerprint density at radius 3 is 2.21 bits per heavy atom. The minimum atomic E-state index is -1.29. The summed E-state index contributed by atoms with van der Waals surface area (Å²) in [6.07, 6.45) is 0.937. The van der Waals surface area contributed by atoms with E-state index in [1.165, 1.54) is 0 Å². The molecule has 1 spiro atoms. The van der Waals surface area contributed by atoms with E-state index in [-0.39, 0.29) is 12.5 Å². The molecule has 0 bridgehead atoms. The first-order chi connectivity index (χ1) is 18.2. The van der Waals surface area contributed by atoms with Gasteiger partial charge in [0.2, 0.25) is 5.91 Å². The van der Waals surface area contributed by atoms with Gasteiger partial charge in [0.1, 0.15) is 11.6 Å². The lowest BCUT2D eigenvalue weighted by Crippen LogP contribution is -2.59. The first kappa shape index (κ1) is 27.0. The summed E-state index contributed by atoms with van der Waals surface area (Å²) in [5.74, 6) is -1.66. The molecule has 0 saturated carbocycles. The Morgan fingerprint density at radius 1 is 1.00 bits per heavy atom. The van der Waals surface area contributed by atoms with E-state index in [9.17, 15) is 24.3 Å². The fourth-order valence-corrected chi connectivity index (χ4v) is 5.43. The molecule has 4 rings (SSSR count). The first-order valence-corrected chi connectivity index (χ1v) is 12.9. The molecule has 10 nitrogen and oxygen atoms in total. The quantitative estimate of drug-likeness (QED) is 0.514. The maximum Gasteiger partial charge on any atom is 0.328 e. The van der Waals surface area contributed by atoms with Gasteiger partial charge in [-0.15, -0.1) is 0 Å². The molecule has 2 aliphatic rings. The molecule has 0 aromatic heterocycles. The number of aryl methyl sites for hydroxylation is 2. The van der Waals surface area contributed by atoms with Crippen LogP contribution in [0.4, 0.5) is 10.5 Å². The van der Waals surface area contributed by atoms with Gasteiger partial charge in [-0.2, -0.15) is 0 Å². The molecule has 2 aliphatic heterocycles. The van der Waals surface area contributed by atoms with Crippen LogP contribution in [0.2, 0.25) is 0 Å². The summed E-state index contributed by atoms with van der Waals surface area (Å²) in [7, 11) is 0. The summed E-state index contributed by atoms with van der Waals surface area (Å²) in [6, 6.07) is 13.5. The van der Waals surface area contributed by atoms with Gasteiger partial charge in [-0.1, -0.05) is 36.4 Å². The molecule has 202 valence electrons. The zero-order valence-electron chi connectivity index (χ0n) is 22.1. The van der Waals surface area contributed by atoms with Crippen molar-refractivity contribution in [3.63, 3.8) is 0 Å². The predicted molar refractivity (Wildman–Crippen MR) is 143 cm³/mol. The van der Waals surface area contributed by atoms with Gasteiger partial charge in [0.05, 0.1) is 13.2 Å². The summed E-state index contributed by atoms with van der Waals surface area (Å²) < 4.78 is 0. The smallest absolute Gasteiger partial charge is 0.328 e. The minimum absolute atomic E-state index is 0.0732. The number of carbonyl (C=O) groups is 4. The molecule has 2 aromatic carbocycles. The Labute approximate surface area is 222 Å². The van der Waals surface area contributed by atoms with Crippen LogP contribution < -0.4 is 15.5 Å². The number of carbonyl (C=O) groups excluding carboxylic acids is 3. The molecule has 2 fully saturated rings. The van der Waals surface area contributed by atoms with Crippen LogP contribution in [0.25, 0.3) is 0 Å². The van der Waals surface area contributed by atoms with Crippen molar-refractivity contribution in [1.82, 2.24) is 20.4 Å². The molecule has 2 saturated heterocycles. The second-order valence-electron chi connectivity index (χ2n) is 9.90. The molecule has 1 unspecified atom stereocenters. The number of urea groups is 1. The van der Waals surface area contributed by atoms with Crippen LogP contribution in [-0.4, -0.2) is 83.1 Å². The van der Waals surface area contributed by atoms with Gasteiger partial charge < -0.3 is 30.4 Å². The number of likely N-dealkylation sites (N-methyl/N-ethyl adjacent to an activating group) is 1. The Bertz CT molecular complexity index is 1190. The van der Waals surface area contributed by atoms with Crippen LogP contribution in [0.5, 0.6) is 0 Å². The number of rotatable bonds is 7. The average Bonchev–Trinajstić information content (AvgIpc) is 3.17. The molecule has 1 atom stereocenters. The van der Waals surface area contributed by atoms with Gasteiger partial charge in [-0.05, 0) is 56.9 Å². The lowest BCUT2D eigenvalue weighted by molar-refractivity contribution is -0.139. The first-order valence-electron chi connectivity index (χ1n) is 12.9. The number of hydrogen-bond donors (Lipinski definition) is 3. The van der Waals surface area contributed by atoms with Crippen molar-refractivity contribution >= 4 is 29.5 Å². The normalized spacial score (nSPS) is 17.4. The Hall–Kier alpha value is -4.08. The number of benzene rings is 2. The highest BCUT2D eigenvalue weighted by molar-refractivity contribution is 5.99. The van der Waals surface area contributed by atoms with Crippen molar-refractivity contribution in [2.75, 3.05) is 37.7 Å². The number of anilines is 1. The highest BCUT2D eigenvalue weighted by Gasteiger charge is 2.53.